The number of hydrogen-bond acceptors (Lipinski definition) is 9. The summed E-state index contributed by atoms with van der Waals surface area (Å²) in [6.45, 7) is 4.73. The van der Waals surface area contributed by atoms with Crippen molar-refractivity contribution in [2.45, 2.75) is 82.1 Å². The highest BCUT2D eigenvalue weighted by atomic mass is 35.5. The molecule has 2 amide bonds. The fraction of sp³-hybridized carbons (Fsp3) is 0.452. The van der Waals surface area contributed by atoms with Crippen LogP contribution >= 0.6 is 23.2 Å². The van der Waals surface area contributed by atoms with Gasteiger partial charge in [-0.1, -0.05) is 62.4 Å². The standard InChI is InChI=1S/C42H44Cl2N2O10/c1-3-42(40(54)46-18-22(16-44)32-25-10-6-4-8-23(25)29(47)12-27(32)46)19-41(2,20-42)14-31(48)45-17-21(15-43)33-26-11-7-5-9-24(26)30(13-28(33)45)55-39-36(51)34(49)35(50)37(56-39)38(52)53/h4-13,21-22,34-37,39,47,49-51H,3,14-20H2,1-2H3,(H,52,53)/t21-,22-,34+,35+,36-,37+,39-,41?,42?/m1/s1. The van der Waals surface area contributed by atoms with Crippen molar-refractivity contribution in [1.82, 2.24) is 0 Å². The molecule has 1 saturated heterocycles. The van der Waals surface area contributed by atoms with Gasteiger partial charge in [0, 0.05) is 66.0 Å². The summed E-state index contributed by atoms with van der Waals surface area (Å²) >= 11 is 13.0. The van der Waals surface area contributed by atoms with Crippen LogP contribution < -0.4 is 14.5 Å². The molecule has 56 heavy (non-hydrogen) atoms. The second-order valence-corrected chi connectivity index (χ2v) is 16.8. The number of ether oxygens (including phenoxy) is 2. The fourth-order valence-electron chi connectivity index (χ4n) is 9.90. The van der Waals surface area contributed by atoms with Gasteiger partial charge in [-0.15, -0.1) is 23.2 Å². The van der Waals surface area contributed by atoms with Gasteiger partial charge in [0.25, 0.3) is 0 Å². The Kier molecular flexibility index (Phi) is 9.90. The van der Waals surface area contributed by atoms with Crippen LogP contribution in [0.3, 0.4) is 0 Å². The smallest absolute Gasteiger partial charge is 0.335 e. The average Bonchev–Trinajstić information content (AvgIpc) is 3.75. The van der Waals surface area contributed by atoms with E-state index in [9.17, 15) is 39.9 Å². The van der Waals surface area contributed by atoms with Crippen molar-refractivity contribution in [2.75, 3.05) is 34.6 Å². The first kappa shape index (κ1) is 38.7. The molecule has 0 radical (unpaired) electrons. The lowest BCUT2D eigenvalue weighted by atomic mass is 9.50. The summed E-state index contributed by atoms with van der Waals surface area (Å²) in [6, 6.07) is 18.2. The van der Waals surface area contributed by atoms with Gasteiger partial charge >= 0.3 is 5.97 Å². The van der Waals surface area contributed by atoms with Crippen LogP contribution in [0.15, 0.2) is 60.7 Å². The molecule has 296 valence electrons. The van der Waals surface area contributed by atoms with Crippen molar-refractivity contribution >= 4 is 73.9 Å². The number of phenols is 1. The summed E-state index contributed by atoms with van der Waals surface area (Å²) < 4.78 is 11.5. The van der Waals surface area contributed by atoms with Crippen LogP contribution in [0.4, 0.5) is 11.4 Å². The number of halogens is 2. The Bertz CT molecular complexity index is 2240. The SMILES string of the molecule is CCC1(C(=O)N2C[C@@H](CCl)c3c2cc(O)c2ccccc32)CC(C)(CC(=O)N2C[C@@H](CCl)c3c2cc(O[C@@H]2O[C@H](C(=O)O)[C@@H](O)[C@H](O)[C@H]2O)c2ccccc32)C1. The van der Waals surface area contributed by atoms with Gasteiger partial charge < -0.3 is 44.8 Å². The predicted octanol–water partition coefficient (Wildman–Crippen LogP) is 5.59. The molecule has 7 atom stereocenters. The first-order valence-electron chi connectivity index (χ1n) is 18.9. The summed E-state index contributed by atoms with van der Waals surface area (Å²) in [5.74, 6) is -1.22. The lowest BCUT2D eigenvalue weighted by Crippen LogP contribution is -2.61. The Morgan fingerprint density at radius 1 is 0.821 bits per heavy atom. The Hall–Kier alpha value is -4.17. The maximum absolute atomic E-state index is 14.6. The number of fused-ring (bicyclic) bond motifs is 6. The van der Waals surface area contributed by atoms with Gasteiger partial charge in [0.05, 0.1) is 16.8 Å². The van der Waals surface area contributed by atoms with Crippen molar-refractivity contribution in [2.24, 2.45) is 10.8 Å². The molecular weight excluding hydrogens is 763 g/mol. The Labute approximate surface area is 333 Å². The van der Waals surface area contributed by atoms with Gasteiger partial charge in [0.1, 0.15) is 29.8 Å². The number of benzene rings is 4. The minimum absolute atomic E-state index is 0.0367. The molecule has 1 aliphatic carbocycles. The second-order valence-electron chi connectivity index (χ2n) is 16.2. The van der Waals surface area contributed by atoms with Gasteiger partial charge in [-0.3, -0.25) is 9.59 Å². The molecule has 0 bridgehead atoms. The Morgan fingerprint density at radius 3 is 1.96 bits per heavy atom. The minimum Gasteiger partial charge on any atom is -0.507 e. The van der Waals surface area contributed by atoms with E-state index >= 15 is 0 Å². The van der Waals surface area contributed by atoms with E-state index in [-0.39, 0.29) is 47.5 Å². The maximum Gasteiger partial charge on any atom is 0.335 e. The topological polar surface area (TPSA) is 177 Å². The third kappa shape index (κ3) is 6.08. The first-order valence-corrected chi connectivity index (χ1v) is 19.9. The molecule has 4 aromatic carbocycles. The highest BCUT2D eigenvalue weighted by Gasteiger charge is 2.58. The van der Waals surface area contributed by atoms with Crippen LogP contribution in [-0.4, -0.2) is 98.9 Å². The van der Waals surface area contributed by atoms with Crippen molar-refractivity contribution in [3.63, 3.8) is 0 Å². The van der Waals surface area contributed by atoms with Crippen LogP contribution in [-0.2, 0) is 19.1 Å². The molecule has 14 heteroatoms. The van der Waals surface area contributed by atoms with E-state index in [4.69, 9.17) is 32.7 Å². The van der Waals surface area contributed by atoms with Crippen LogP contribution in [0.25, 0.3) is 21.5 Å². The summed E-state index contributed by atoms with van der Waals surface area (Å²) in [5.41, 5.74) is 1.82. The number of carboxylic acids is 1. The summed E-state index contributed by atoms with van der Waals surface area (Å²) in [7, 11) is 0. The number of anilines is 2. The molecule has 2 fully saturated rings. The number of aliphatic hydroxyl groups excluding tert-OH is 3. The third-order valence-corrected chi connectivity index (χ3v) is 13.2. The van der Waals surface area contributed by atoms with E-state index < -0.39 is 47.5 Å². The Morgan fingerprint density at radius 2 is 1.38 bits per heavy atom. The molecule has 4 aliphatic rings. The van der Waals surface area contributed by atoms with E-state index in [1.54, 1.807) is 34.1 Å². The van der Waals surface area contributed by atoms with Crippen LogP contribution in [0.1, 0.15) is 62.5 Å². The molecule has 1 saturated carbocycles. The summed E-state index contributed by atoms with van der Waals surface area (Å²) in [6.07, 6.45) is -7.31. The zero-order valence-electron chi connectivity index (χ0n) is 30.9. The highest BCUT2D eigenvalue weighted by Crippen LogP contribution is 2.61. The molecule has 0 aromatic heterocycles. The molecule has 12 nitrogen and oxygen atoms in total. The zero-order chi connectivity index (χ0) is 39.8. The van der Waals surface area contributed by atoms with Crippen molar-refractivity contribution in [3.8, 4) is 11.5 Å². The molecular formula is C42H44Cl2N2O10. The number of carboxylic acid groups (broad SMARTS) is 1. The number of carbonyl (C=O) groups is 3. The molecule has 0 unspecified atom stereocenters. The molecule has 8 rings (SSSR count). The summed E-state index contributed by atoms with van der Waals surface area (Å²) in [4.78, 5) is 44.2. The quantitative estimate of drug-likeness (QED) is 0.134. The van der Waals surface area contributed by atoms with E-state index in [1.165, 1.54) is 0 Å². The molecule has 4 aromatic rings. The van der Waals surface area contributed by atoms with Gasteiger partial charge in [-0.25, -0.2) is 4.79 Å². The van der Waals surface area contributed by atoms with E-state index in [1.807, 2.05) is 50.2 Å². The van der Waals surface area contributed by atoms with Crippen LogP contribution in [0.5, 0.6) is 11.5 Å². The lowest BCUT2D eigenvalue weighted by molar-refractivity contribution is -0.270. The predicted molar refractivity (Wildman–Crippen MR) is 211 cm³/mol. The number of phenolic OH excluding ortho intramolecular Hbond substituents is 1. The van der Waals surface area contributed by atoms with Gasteiger partial charge in [0.2, 0.25) is 18.1 Å². The van der Waals surface area contributed by atoms with Crippen molar-refractivity contribution in [1.29, 1.82) is 0 Å². The van der Waals surface area contributed by atoms with E-state index in [2.05, 4.69) is 0 Å². The zero-order valence-corrected chi connectivity index (χ0v) is 32.4. The highest BCUT2D eigenvalue weighted by molar-refractivity contribution is 6.19. The number of carbonyl (C=O) groups excluding carboxylic acids is 2. The normalized spacial score (nSPS) is 30.9. The van der Waals surface area contributed by atoms with Crippen molar-refractivity contribution in [3.05, 3.63) is 71.8 Å². The maximum atomic E-state index is 14.6. The summed E-state index contributed by atoms with van der Waals surface area (Å²) in [5, 5.41) is 54.8. The van der Waals surface area contributed by atoms with Crippen LogP contribution in [0.2, 0.25) is 0 Å². The van der Waals surface area contributed by atoms with Gasteiger partial charge in [-0.2, -0.15) is 0 Å². The van der Waals surface area contributed by atoms with Crippen LogP contribution in [0, 0.1) is 10.8 Å². The number of alkyl halides is 2. The average molecular weight is 808 g/mol. The lowest BCUT2D eigenvalue weighted by Gasteiger charge is -2.54. The van der Waals surface area contributed by atoms with Gasteiger partial charge in [-0.05, 0) is 46.6 Å². The van der Waals surface area contributed by atoms with E-state index in [0.29, 0.717) is 60.4 Å². The van der Waals surface area contributed by atoms with Crippen molar-refractivity contribution < 1.29 is 49.4 Å². The third-order valence-electron chi connectivity index (χ3n) is 12.5. The number of aromatic hydroxyl groups is 1. The molecule has 3 heterocycles. The first-order chi connectivity index (χ1) is 26.7. The molecule has 3 aliphatic heterocycles. The number of aliphatic hydroxyl groups is 3. The molecule has 0 spiro atoms. The number of rotatable bonds is 9. The van der Waals surface area contributed by atoms with Gasteiger partial charge in [0.15, 0.2) is 6.10 Å². The number of nitrogens with zero attached hydrogens (tertiary/aromatic N) is 2. The monoisotopic (exact) mass is 806 g/mol. The number of hydrogen-bond donors (Lipinski definition) is 5. The number of amides is 2. The largest absolute Gasteiger partial charge is 0.507 e. The molecule has 5 N–H and O–H groups in total. The van der Waals surface area contributed by atoms with E-state index in [0.717, 1.165) is 21.9 Å². The Balaban J connectivity index is 1.06. The number of aliphatic carboxylic acids is 1. The fourth-order valence-corrected chi connectivity index (χ4v) is 10.4. The minimum atomic E-state index is -1.88. The second kappa shape index (κ2) is 14.3.